The number of imidazole rings is 1. The van der Waals surface area contributed by atoms with Crippen molar-refractivity contribution in [2.45, 2.75) is 39.2 Å². The van der Waals surface area contributed by atoms with Gasteiger partial charge in [-0.25, -0.2) is 4.79 Å². The number of nitrogen functional groups attached to an aromatic ring is 1. The van der Waals surface area contributed by atoms with E-state index in [2.05, 4.69) is 27.2 Å². The number of rotatable bonds is 7. The Morgan fingerprint density at radius 3 is 3.09 bits per heavy atom. The number of nitrogens with two attached hydrogens (primary N) is 1. The summed E-state index contributed by atoms with van der Waals surface area (Å²) >= 11 is 0. The van der Waals surface area contributed by atoms with Crippen molar-refractivity contribution in [1.82, 2.24) is 19.5 Å². The van der Waals surface area contributed by atoms with Gasteiger partial charge >= 0.3 is 5.69 Å². The van der Waals surface area contributed by atoms with E-state index in [-0.39, 0.29) is 5.69 Å². The van der Waals surface area contributed by atoms with Crippen molar-refractivity contribution in [2.75, 3.05) is 30.8 Å². The number of hydrogen-bond acceptors (Lipinski definition) is 6. The predicted molar refractivity (Wildman–Crippen MR) is 89.5 cm³/mol. The molecule has 23 heavy (non-hydrogen) atoms. The van der Waals surface area contributed by atoms with Crippen molar-refractivity contribution >= 4 is 22.9 Å². The van der Waals surface area contributed by atoms with Gasteiger partial charge in [-0.3, -0.25) is 4.57 Å². The Morgan fingerprint density at radius 1 is 1.48 bits per heavy atom. The molecule has 126 valence electrons. The Hall–Kier alpha value is -2.09. The van der Waals surface area contributed by atoms with Gasteiger partial charge in [-0.1, -0.05) is 13.3 Å². The van der Waals surface area contributed by atoms with Gasteiger partial charge in [-0.2, -0.15) is 9.97 Å². The highest BCUT2D eigenvalue weighted by atomic mass is 16.5. The number of ether oxygens (including phenoxy) is 1. The smallest absolute Gasteiger partial charge is 0.327 e. The first-order chi connectivity index (χ1) is 11.2. The summed E-state index contributed by atoms with van der Waals surface area (Å²) in [6.45, 7) is 5.11. The molecule has 8 nitrogen and oxygen atoms in total. The van der Waals surface area contributed by atoms with E-state index < -0.39 is 0 Å². The maximum Gasteiger partial charge on any atom is 0.327 e. The van der Waals surface area contributed by atoms with Gasteiger partial charge in [0.1, 0.15) is 5.52 Å². The number of H-pyrrole nitrogens is 1. The standard InChI is InChI=1S/C15H24N6O2/c1-2-3-6-17-14-19-12(16)11-13(20-14)21(15(22)18-11)7-4-10-5-8-23-9-10/h10H,2-9H2,1H3,(H,18,22)(H3,16,17,19,20)/t10-/m1/s1. The molecule has 0 amide bonds. The van der Waals surface area contributed by atoms with Crippen LogP contribution in [0.1, 0.15) is 32.6 Å². The maximum atomic E-state index is 12.2. The number of fused-ring (bicyclic) bond motifs is 1. The number of nitrogens with zero attached hydrogens (tertiary/aromatic N) is 3. The third kappa shape index (κ3) is 3.47. The van der Waals surface area contributed by atoms with E-state index in [0.717, 1.165) is 45.4 Å². The molecule has 0 unspecified atom stereocenters. The molecule has 3 heterocycles. The lowest BCUT2D eigenvalue weighted by molar-refractivity contribution is 0.183. The normalized spacial score (nSPS) is 17.9. The SMILES string of the molecule is CCCCNc1nc(N)c2[nH]c(=O)n(CC[C@@H]3CCOC3)c2n1. The van der Waals surface area contributed by atoms with Crippen LogP contribution < -0.4 is 16.7 Å². The minimum absolute atomic E-state index is 0.189. The van der Waals surface area contributed by atoms with Crippen LogP contribution in [0.2, 0.25) is 0 Å². The Labute approximate surface area is 134 Å². The summed E-state index contributed by atoms with van der Waals surface area (Å²) in [5.74, 6) is 1.28. The van der Waals surface area contributed by atoms with E-state index in [1.807, 2.05) is 0 Å². The average Bonchev–Trinajstić information content (AvgIpc) is 3.14. The maximum absolute atomic E-state index is 12.2. The van der Waals surface area contributed by atoms with E-state index in [0.29, 0.717) is 35.4 Å². The van der Waals surface area contributed by atoms with Crippen LogP contribution in [0.3, 0.4) is 0 Å². The zero-order valence-electron chi connectivity index (χ0n) is 13.5. The van der Waals surface area contributed by atoms with Crippen molar-refractivity contribution in [3.05, 3.63) is 10.5 Å². The van der Waals surface area contributed by atoms with Crippen molar-refractivity contribution in [1.29, 1.82) is 0 Å². The molecule has 3 rings (SSSR count). The minimum atomic E-state index is -0.189. The van der Waals surface area contributed by atoms with Gasteiger partial charge in [-0.05, 0) is 25.2 Å². The van der Waals surface area contributed by atoms with Gasteiger partial charge in [0, 0.05) is 26.3 Å². The number of nitrogens with one attached hydrogen (secondary N) is 2. The van der Waals surface area contributed by atoms with Crippen LogP contribution in [0.15, 0.2) is 4.79 Å². The molecule has 0 radical (unpaired) electrons. The number of aromatic amines is 1. The van der Waals surface area contributed by atoms with E-state index in [9.17, 15) is 4.79 Å². The quantitative estimate of drug-likeness (QED) is 0.664. The first kappa shape index (κ1) is 15.8. The molecule has 1 aliphatic heterocycles. The largest absolute Gasteiger partial charge is 0.382 e. The molecule has 0 bridgehead atoms. The van der Waals surface area contributed by atoms with Crippen LogP contribution in [0.5, 0.6) is 0 Å². The van der Waals surface area contributed by atoms with Gasteiger partial charge in [0.15, 0.2) is 11.5 Å². The molecule has 4 N–H and O–H groups in total. The van der Waals surface area contributed by atoms with Gasteiger partial charge in [0.05, 0.1) is 0 Å². The molecule has 1 saturated heterocycles. The Kier molecular flexibility index (Phi) is 4.80. The fourth-order valence-electron chi connectivity index (χ4n) is 2.84. The lowest BCUT2D eigenvalue weighted by Crippen LogP contribution is -2.19. The third-order valence-corrected chi connectivity index (χ3v) is 4.25. The molecule has 8 heteroatoms. The molecular formula is C15H24N6O2. The first-order valence-electron chi connectivity index (χ1n) is 8.26. The molecule has 0 saturated carbocycles. The number of aryl methyl sites for hydroxylation is 1. The molecule has 1 atom stereocenters. The number of unbranched alkanes of at least 4 members (excludes halogenated alkanes) is 1. The molecule has 0 aromatic carbocycles. The third-order valence-electron chi connectivity index (χ3n) is 4.25. The fraction of sp³-hybridized carbons (Fsp3) is 0.667. The predicted octanol–water partition coefficient (Wildman–Crippen LogP) is 1.34. The summed E-state index contributed by atoms with van der Waals surface area (Å²) < 4.78 is 7.04. The number of hydrogen-bond donors (Lipinski definition) is 3. The van der Waals surface area contributed by atoms with Crippen molar-refractivity contribution in [2.24, 2.45) is 5.92 Å². The summed E-state index contributed by atoms with van der Waals surface area (Å²) in [5, 5.41) is 3.16. The molecule has 2 aromatic heterocycles. The van der Waals surface area contributed by atoms with Gasteiger partial charge in [0.2, 0.25) is 5.95 Å². The Balaban J connectivity index is 1.83. The summed E-state index contributed by atoms with van der Waals surface area (Å²) in [6, 6.07) is 0. The van der Waals surface area contributed by atoms with E-state index in [1.54, 1.807) is 4.57 Å². The molecule has 0 aliphatic carbocycles. The second-order valence-electron chi connectivity index (χ2n) is 6.01. The van der Waals surface area contributed by atoms with Crippen molar-refractivity contribution in [3.8, 4) is 0 Å². The zero-order valence-corrected chi connectivity index (χ0v) is 13.5. The summed E-state index contributed by atoms with van der Waals surface area (Å²) in [6.07, 6.45) is 4.07. The summed E-state index contributed by atoms with van der Waals surface area (Å²) in [4.78, 5) is 23.7. The summed E-state index contributed by atoms with van der Waals surface area (Å²) in [5.41, 5.74) is 6.86. The summed E-state index contributed by atoms with van der Waals surface area (Å²) in [7, 11) is 0. The highest BCUT2D eigenvalue weighted by Crippen LogP contribution is 2.20. The van der Waals surface area contributed by atoms with Gasteiger partial charge in [0.25, 0.3) is 0 Å². The van der Waals surface area contributed by atoms with Crippen LogP contribution in [-0.2, 0) is 11.3 Å². The second kappa shape index (κ2) is 6.99. The molecule has 2 aromatic rings. The minimum Gasteiger partial charge on any atom is -0.382 e. The number of anilines is 2. The van der Waals surface area contributed by atoms with Gasteiger partial charge < -0.3 is 20.8 Å². The lowest BCUT2D eigenvalue weighted by Gasteiger charge is -2.09. The lowest BCUT2D eigenvalue weighted by atomic mass is 10.1. The van der Waals surface area contributed by atoms with Crippen LogP contribution in [0, 0.1) is 5.92 Å². The molecule has 1 aliphatic rings. The highest BCUT2D eigenvalue weighted by molar-refractivity contribution is 5.82. The van der Waals surface area contributed by atoms with E-state index in [4.69, 9.17) is 10.5 Å². The molecule has 1 fully saturated rings. The highest BCUT2D eigenvalue weighted by Gasteiger charge is 2.18. The van der Waals surface area contributed by atoms with Crippen LogP contribution in [0.25, 0.3) is 11.2 Å². The first-order valence-corrected chi connectivity index (χ1v) is 8.26. The topological polar surface area (TPSA) is 111 Å². The average molecular weight is 320 g/mol. The van der Waals surface area contributed by atoms with Crippen LogP contribution >= 0.6 is 0 Å². The van der Waals surface area contributed by atoms with Crippen LogP contribution in [-0.4, -0.2) is 39.3 Å². The van der Waals surface area contributed by atoms with E-state index >= 15 is 0 Å². The molecule has 0 spiro atoms. The van der Waals surface area contributed by atoms with E-state index in [1.165, 1.54) is 0 Å². The van der Waals surface area contributed by atoms with Gasteiger partial charge in [-0.15, -0.1) is 0 Å². The van der Waals surface area contributed by atoms with Crippen LogP contribution in [0.4, 0.5) is 11.8 Å². The fourth-order valence-corrected chi connectivity index (χ4v) is 2.84. The monoisotopic (exact) mass is 320 g/mol. The molecular weight excluding hydrogens is 296 g/mol. The zero-order chi connectivity index (χ0) is 16.2. The Morgan fingerprint density at radius 2 is 2.35 bits per heavy atom. The van der Waals surface area contributed by atoms with Crippen molar-refractivity contribution < 1.29 is 4.74 Å². The Bertz CT molecular complexity index is 717. The second-order valence-corrected chi connectivity index (χ2v) is 6.01. The number of aromatic nitrogens is 4. The van der Waals surface area contributed by atoms with Crippen molar-refractivity contribution in [3.63, 3.8) is 0 Å².